The van der Waals surface area contributed by atoms with Gasteiger partial charge in [-0.3, -0.25) is 0 Å². The van der Waals surface area contributed by atoms with Crippen molar-refractivity contribution in [2.75, 3.05) is 0 Å². The van der Waals surface area contributed by atoms with Crippen LogP contribution in [0.5, 0.6) is 0 Å². The first-order valence-electron chi connectivity index (χ1n) is 9.89. The van der Waals surface area contributed by atoms with E-state index in [9.17, 15) is 0 Å². The smallest absolute Gasteiger partial charge is 0.0726 e. The standard InChI is InChI=1S/C26H30O2/c1-19-20(2)26(18-28-16-24-13-9-6-10-14-24)22(4)21(3)25(19)17-27-15-23-11-7-5-8-12-23/h5-14H,15-18H2,1-4H3. The van der Waals surface area contributed by atoms with Gasteiger partial charge in [0.15, 0.2) is 0 Å². The van der Waals surface area contributed by atoms with Gasteiger partial charge in [0.05, 0.1) is 26.4 Å². The van der Waals surface area contributed by atoms with Gasteiger partial charge in [-0.1, -0.05) is 60.7 Å². The molecular formula is C26H30O2. The van der Waals surface area contributed by atoms with Gasteiger partial charge in [0.1, 0.15) is 0 Å². The van der Waals surface area contributed by atoms with Crippen LogP contribution in [0.25, 0.3) is 0 Å². The fourth-order valence-electron chi connectivity index (χ4n) is 3.59. The van der Waals surface area contributed by atoms with E-state index in [4.69, 9.17) is 9.47 Å². The molecule has 0 aliphatic rings. The van der Waals surface area contributed by atoms with Gasteiger partial charge in [-0.2, -0.15) is 0 Å². The Morgan fingerprint density at radius 2 is 0.786 bits per heavy atom. The van der Waals surface area contributed by atoms with Gasteiger partial charge in [0.25, 0.3) is 0 Å². The molecule has 28 heavy (non-hydrogen) atoms. The predicted octanol–water partition coefficient (Wildman–Crippen LogP) is 6.35. The molecule has 2 heteroatoms. The van der Waals surface area contributed by atoms with Gasteiger partial charge in [-0.15, -0.1) is 0 Å². The summed E-state index contributed by atoms with van der Waals surface area (Å²) in [5.74, 6) is 0. The summed E-state index contributed by atoms with van der Waals surface area (Å²) in [4.78, 5) is 0. The Morgan fingerprint density at radius 3 is 1.11 bits per heavy atom. The van der Waals surface area contributed by atoms with Crippen LogP contribution in [-0.4, -0.2) is 0 Å². The summed E-state index contributed by atoms with van der Waals surface area (Å²) in [6.07, 6.45) is 0. The molecule has 0 atom stereocenters. The minimum Gasteiger partial charge on any atom is -0.372 e. The van der Waals surface area contributed by atoms with Crippen molar-refractivity contribution in [1.29, 1.82) is 0 Å². The van der Waals surface area contributed by atoms with Crippen LogP contribution in [0.3, 0.4) is 0 Å². The highest BCUT2D eigenvalue weighted by molar-refractivity contribution is 5.49. The van der Waals surface area contributed by atoms with Gasteiger partial charge in [0.2, 0.25) is 0 Å². The Balaban J connectivity index is 1.68. The maximum absolute atomic E-state index is 6.03. The lowest BCUT2D eigenvalue weighted by Gasteiger charge is -2.21. The molecule has 146 valence electrons. The summed E-state index contributed by atoms with van der Waals surface area (Å²) in [5, 5.41) is 0. The third-order valence-corrected chi connectivity index (χ3v) is 5.65. The summed E-state index contributed by atoms with van der Waals surface area (Å²) < 4.78 is 12.1. The molecule has 2 nitrogen and oxygen atoms in total. The fraction of sp³-hybridized carbons (Fsp3) is 0.308. The Labute approximate surface area is 169 Å². The Bertz CT molecular complexity index is 793. The van der Waals surface area contributed by atoms with E-state index in [0.717, 1.165) is 0 Å². The van der Waals surface area contributed by atoms with Crippen molar-refractivity contribution in [3.05, 3.63) is 105 Å². The van der Waals surface area contributed by atoms with Crippen LogP contribution in [0.1, 0.15) is 44.5 Å². The van der Waals surface area contributed by atoms with Crippen LogP contribution in [0.2, 0.25) is 0 Å². The lowest BCUT2D eigenvalue weighted by atomic mass is 9.89. The molecule has 0 aliphatic carbocycles. The van der Waals surface area contributed by atoms with Crippen LogP contribution in [0, 0.1) is 27.7 Å². The largest absolute Gasteiger partial charge is 0.372 e. The zero-order valence-corrected chi connectivity index (χ0v) is 17.4. The third-order valence-electron chi connectivity index (χ3n) is 5.65. The van der Waals surface area contributed by atoms with E-state index in [-0.39, 0.29) is 0 Å². The van der Waals surface area contributed by atoms with Crippen molar-refractivity contribution in [3.63, 3.8) is 0 Å². The molecule has 3 aromatic rings. The average Bonchev–Trinajstić information content (AvgIpc) is 2.73. The highest BCUT2D eigenvalue weighted by atomic mass is 16.5. The van der Waals surface area contributed by atoms with E-state index in [2.05, 4.69) is 52.0 Å². The van der Waals surface area contributed by atoms with E-state index in [1.54, 1.807) is 0 Å². The van der Waals surface area contributed by atoms with Gasteiger partial charge in [-0.05, 0) is 72.2 Å². The maximum Gasteiger partial charge on any atom is 0.0726 e. The Hall–Kier alpha value is -2.42. The van der Waals surface area contributed by atoms with Crippen molar-refractivity contribution >= 4 is 0 Å². The van der Waals surface area contributed by atoms with Gasteiger partial charge >= 0.3 is 0 Å². The summed E-state index contributed by atoms with van der Waals surface area (Å²) in [6, 6.07) is 20.7. The molecule has 0 radical (unpaired) electrons. The zero-order chi connectivity index (χ0) is 19.9. The van der Waals surface area contributed by atoms with E-state index in [1.807, 2.05) is 36.4 Å². The molecule has 0 spiro atoms. The van der Waals surface area contributed by atoms with Crippen molar-refractivity contribution in [2.24, 2.45) is 0 Å². The predicted molar refractivity (Wildman–Crippen MR) is 115 cm³/mol. The third kappa shape index (κ3) is 4.89. The topological polar surface area (TPSA) is 18.5 Å². The number of hydrogen-bond acceptors (Lipinski definition) is 2. The highest BCUT2D eigenvalue weighted by Crippen LogP contribution is 2.28. The van der Waals surface area contributed by atoms with Gasteiger partial charge < -0.3 is 9.47 Å². The molecule has 0 bridgehead atoms. The fourth-order valence-corrected chi connectivity index (χ4v) is 3.59. The average molecular weight is 375 g/mol. The molecule has 0 unspecified atom stereocenters. The van der Waals surface area contributed by atoms with Gasteiger partial charge in [0, 0.05) is 0 Å². The summed E-state index contributed by atoms with van der Waals surface area (Å²) in [5.41, 5.74) is 10.3. The molecule has 0 N–H and O–H groups in total. The molecule has 0 heterocycles. The zero-order valence-electron chi connectivity index (χ0n) is 17.4. The second-order valence-corrected chi connectivity index (χ2v) is 7.41. The van der Waals surface area contributed by atoms with E-state index in [1.165, 1.54) is 44.5 Å². The Morgan fingerprint density at radius 1 is 0.464 bits per heavy atom. The molecular weight excluding hydrogens is 344 g/mol. The summed E-state index contributed by atoms with van der Waals surface area (Å²) >= 11 is 0. The molecule has 0 aliphatic heterocycles. The first-order valence-corrected chi connectivity index (χ1v) is 9.89. The Kier molecular flexibility index (Phi) is 7.02. The molecule has 0 amide bonds. The van der Waals surface area contributed by atoms with Crippen LogP contribution < -0.4 is 0 Å². The molecule has 0 saturated heterocycles. The minimum absolute atomic E-state index is 0.638. The number of benzene rings is 3. The van der Waals surface area contributed by atoms with Crippen LogP contribution in [0.4, 0.5) is 0 Å². The van der Waals surface area contributed by atoms with E-state index >= 15 is 0 Å². The second-order valence-electron chi connectivity index (χ2n) is 7.41. The second kappa shape index (κ2) is 9.68. The first kappa shape index (κ1) is 20.3. The number of ether oxygens (including phenoxy) is 2. The van der Waals surface area contributed by atoms with Crippen molar-refractivity contribution < 1.29 is 9.47 Å². The van der Waals surface area contributed by atoms with E-state index < -0.39 is 0 Å². The lowest BCUT2D eigenvalue weighted by Crippen LogP contribution is -2.08. The maximum atomic E-state index is 6.03. The van der Waals surface area contributed by atoms with Crippen LogP contribution in [-0.2, 0) is 35.9 Å². The molecule has 0 saturated carbocycles. The van der Waals surface area contributed by atoms with Gasteiger partial charge in [-0.25, -0.2) is 0 Å². The quantitative estimate of drug-likeness (QED) is 0.457. The number of rotatable bonds is 8. The van der Waals surface area contributed by atoms with Crippen molar-refractivity contribution in [1.82, 2.24) is 0 Å². The van der Waals surface area contributed by atoms with Crippen LogP contribution in [0.15, 0.2) is 60.7 Å². The molecule has 0 fully saturated rings. The van der Waals surface area contributed by atoms with E-state index in [0.29, 0.717) is 26.4 Å². The monoisotopic (exact) mass is 374 g/mol. The highest BCUT2D eigenvalue weighted by Gasteiger charge is 2.15. The molecule has 3 aromatic carbocycles. The molecule has 0 aromatic heterocycles. The van der Waals surface area contributed by atoms with Crippen LogP contribution >= 0.6 is 0 Å². The molecule has 3 rings (SSSR count). The summed E-state index contributed by atoms with van der Waals surface area (Å²) in [7, 11) is 0. The first-order chi connectivity index (χ1) is 13.6. The summed E-state index contributed by atoms with van der Waals surface area (Å²) in [6.45, 7) is 11.3. The minimum atomic E-state index is 0.638. The normalized spacial score (nSPS) is 11.0. The van der Waals surface area contributed by atoms with Crippen molar-refractivity contribution in [3.8, 4) is 0 Å². The number of hydrogen-bond donors (Lipinski definition) is 0. The van der Waals surface area contributed by atoms with Crippen molar-refractivity contribution in [2.45, 2.75) is 54.1 Å². The lowest BCUT2D eigenvalue weighted by molar-refractivity contribution is 0.104. The SMILES string of the molecule is Cc1c(C)c(COCc2ccccc2)c(C)c(C)c1COCc1ccccc1.